The first-order chi connectivity index (χ1) is 18.3. The minimum Gasteiger partial charge on any atom is -0.459 e. The molecule has 3 aromatic rings. The standard InChI is InChI=1S/C32H34F4O2/c1-2-3-4-5-23-6-8-24(9-7-23)25-10-12-26(13-11-25)27-14-16-28(17-15-27)32(35,36)38-30-20-18-29(19-21-30)37-22-31(33)34/h10-24H,2-9H2,1H3. The lowest BCUT2D eigenvalue weighted by atomic mass is 9.77. The molecule has 0 amide bonds. The van der Waals surface area contributed by atoms with E-state index in [1.54, 1.807) is 12.1 Å². The van der Waals surface area contributed by atoms with Crippen molar-refractivity contribution < 1.29 is 27.0 Å². The van der Waals surface area contributed by atoms with Gasteiger partial charge in [0.2, 0.25) is 0 Å². The zero-order valence-corrected chi connectivity index (χ0v) is 21.6. The summed E-state index contributed by atoms with van der Waals surface area (Å²) in [5.41, 5.74) is 2.91. The third kappa shape index (κ3) is 7.62. The van der Waals surface area contributed by atoms with Gasteiger partial charge in [-0.15, -0.1) is 0 Å². The minimum atomic E-state index is -3.56. The molecule has 2 nitrogen and oxygen atoms in total. The number of alkyl halides is 2. The summed E-state index contributed by atoms with van der Waals surface area (Å²) in [7, 11) is 0. The van der Waals surface area contributed by atoms with Gasteiger partial charge in [-0.25, -0.2) is 0 Å². The van der Waals surface area contributed by atoms with Gasteiger partial charge in [0, 0.05) is 0 Å². The van der Waals surface area contributed by atoms with E-state index < -0.39 is 12.2 Å². The van der Waals surface area contributed by atoms with Crippen LogP contribution in [0.4, 0.5) is 17.6 Å². The smallest absolute Gasteiger partial charge is 0.426 e. The Morgan fingerprint density at radius 3 is 1.95 bits per heavy atom. The van der Waals surface area contributed by atoms with E-state index in [0.717, 1.165) is 17.0 Å². The molecule has 0 N–H and O–H groups in total. The lowest BCUT2D eigenvalue weighted by Crippen LogP contribution is -2.21. The summed E-state index contributed by atoms with van der Waals surface area (Å²) < 4.78 is 63.3. The summed E-state index contributed by atoms with van der Waals surface area (Å²) in [6, 6.07) is 19.6. The highest BCUT2D eigenvalue weighted by Gasteiger charge is 2.34. The number of unbranched alkanes of at least 4 members (excludes halogenated alkanes) is 2. The SMILES string of the molecule is CCCCCC1CCC(c2ccc(-c3ccc(C(F)(F)Oc4ccc(OC=C(F)F)cc4)cc3)cc2)CC1. The molecule has 1 aliphatic rings. The van der Waals surface area contributed by atoms with Crippen molar-refractivity contribution in [3.8, 4) is 22.6 Å². The van der Waals surface area contributed by atoms with Crippen LogP contribution >= 0.6 is 0 Å². The molecule has 0 saturated heterocycles. The van der Waals surface area contributed by atoms with Gasteiger partial charge in [0.25, 0.3) is 0 Å². The molecule has 0 aliphatic heterocycles. The van der Waals surface area contributed by atoms with Gasteiger partial charge in [0.15, 0.2) is 6.26 Å². The largest absolute Gasteiger partial charge is 0.459 e. The van der Waals surface area contributed by atoms with Crippen molar-refractivity contribution in [2.45, 2.75) is 70.3 Å². The maximum absolute atomic E-state index is 14.7. The van der Waals surface area contributed by atoms with Gasteiger partial charge in [0.1, 0.15) is 11.5 Å². The molecule has 6 heteroatoms. The first-order valence-corrected chi connectivity index (χ1v) is 13.4. The van der Waals surface area contributed by atoms with Gasteiger partial charge in [0.05, 0.1) is 5.56 Å². The molecule has 0 radical (unpaired) electrons. The number of halogens is 4. The second kappa shape index (κ2) is 13.0. The Balaban J connectivity index is 1.33. The van der Waals surface area contributed by atoms with Crippen LogP contribution in [0, 0.1) is 5.92 Å². The van der Waals surface area contributed by atoms with Crippen LogP contribution in [-0.4, -0.2) is 0 Å². The molecule has 4 rings (SSSR count). The Morgan fingerprint density at radius 1 is 0.789 bits per heavy atom. The number of hydrogen-bond donors (Lipinski definition) is 0. The maximum atomic E-state index is 14.7. The summed E-state index contributed by atoms with van der Waals surface area (Å²) >= 11 is 0. The Hall–Kier alpha value is -3.28. The second-order valence-corrected chi connectivity index (χ2v) is 10.0. The van der Waals surface area contributed by atoms with Crippen LogP contribution in [0.3, 0.4) is 0 Å². The predicted octanol–water partition coefficient (Wildman–Crippen LogP) is 10.5. The summed E-state index contributed by atoms with van der Waals surface area (Å²) in [5, 5.41) is 0. The molecule has 1 aliphatic carbocycles. The van der Waals surface area contributed by atoms with Crippen LogP contribution in [0.25, 0.3) is 11.1 Å². The summed E-state index contributed by atoms with van der Waals surface area (Å²) in [5.74, 6) is 1.45. The molecule has 0 spiro atoms. The van der Waals surface area contributed by atoms with E-state index in [4.69, 9.17) is 9.47 Å². The Kier molecular flexibility index (Phi) is 9.48. The molecule has 0 atom stereocenters. The van der Waals surface area contributed by atoms with Crippen molar-refractivity contribution in [3.05, 3.63) is 96.3 Å². The van der Waals surface area contributed by atoms with Crippen molar-refractivity contribution in [3.63, 3.8) is 0 Å². The fourth-order valence-corrected chi connectivity index (χ4v) is 5.18. The van der Waals surface area contributed by atoms with Crippen LogP contribution in [-0.2, 0) is 6.11 Å². The van der Waals surface area contributed by atoms with E-state index in [0.29, 0.717) is 5.92 Å². The molecular formula is C32H34F4O2. The molecule has 1 fully saturated rings. The molecule has 0 aromatic heterocycles. The first kappa shape index (κ1) is 27.7. The third-order valence-corrected chi connectivity index (χ3v) is 7.35. The zero-order valence-electron chi connectivity index (χ0n) is 21.6. The number of rotatable bonds is 11. The predicted molar refractivity (Wildman–Crippen MR) is 143 cm³/mol. The maximum Gasteiger partial charge on any atom is 0.426 e. The van der Waals surface area contributed by atoms with Crippen LogP contribution in [0.2, 0.25) is 0 Å². The Morgan fingerprint density at radius 2 is 1.37 bits per heavy atom. The fourth-order valence-electron chi connectivity index (χ4n) is 5.18. The highest BCUT2D eigenvalue weighted by atomic mass is 19.3. The molecular weight excluding hydrogens is 492 g/mol. The Bertz CT molecular complexity index is 1160. The van der Waals surface area contributed by atoms with E-state index in [1.807, 2.05) is 0 Å². The highest BCUT2D eigenvalue weighted by Crippen LogP contribution is 2.39. The second-order valence-electron chi connectivity index (χ2n) is 10.0. The van der Waals surface area contributed by atoms with Crippen molar-refractivity contribution in [1.82, 2.24) is 0 Å². The fraction of sp³-hybridized carbons (Fsp3) is 0.375. The van der Waals surface area contributed by atoms with Gasteiger partial charge in [-0.05, 0) is 90.6 Å². The van der Waals surface area contributed by atoms with Crippen LogP contribution in [0.5, 0.6) is 11.5 Å². The number of benzene rings is 3. The van der Waals surface area contributed by atoms with E-state index in [1.165, 1.54) is 93.3 Å². The number of hydrogen-bond acceptors (Lipinski definition) is 2. The van der Waals surface area contributed by atoms with Crippen molar-refractivity contribution in [2.75, 3.05) is 0 Å². The monoisotopic (exact) mass is 526 g/mol. The van der Waals surface area contributed by atoms with Gasteiger partial charge in [-0.3, -0.25) is 0 Å². The Labute approximate surface area is 222 Å². The lowest BCUT2D eigenvalue weighted by molar-refractivity contribution is -0.185. The van der Waals surface area contributed by atoms with E-state index in [-0.39, 0.29) is 23.3 Å². The highest BCUT2D eigenvalue weighted by molar-refractivity contribution is 5.64. The molecule has 0 unspecified atom stereocenters. The molecule has 3 aromatic carbocycles. The first-order valence-electron chi connectivity index (χ1n) is 13.4. The lowest BCUT2D eigenvalue weighted by Gasteiger charge is -2.29. The van der Waals surface area contributed by atoms with Gasteiger partial charge in [-0.1, -0.05) is 69.0 Å². The molecule has 0 bridgehead atoms. The van der Waals surface area contributed by atoms with Crippen LogP contribution in [0.15, 0.2) is 85.1 Å². The molecule has 202 valence electrons. The van der Waals surface area contributed by atoms with E-state index in [2.05, 4.69) is 31.2 Å². The molecule has 1 saturated carbocycles. The molecule has 0 heterocycles. The summed E-state index contributed by atoms with van der Waals surface area (Å²) in [6.07, 6.45) is 5.14. The van der Waals surface area contributed by atoms with Gasteiger partial charge in [-0.2, -0.15) is 17.6 Å². The minimum absolute atomic E-state index is 0.0823. The van der Waals surface area contributed by atoms with Gasteiger partial charge >= 0.3 is 12.2 Å². The molecule has 38 heavy (non-hydrogen) atoms. The van der Waals surface area contributed by atoms with E-state index >= 15 is 0 Å². The van der Waals surface area contributed by atoms with E-state index in [9.17, 15) is 17.6 Å². The average Bonchev–Trinajstić information content (AvgIpc) is 2.93. The van der Waals surface area contributed by atoms with Crippen molar-refractivity contribution in [1.29, 1.82) is 0 Å². The average molecular weight is 527 g/mol. The summed E-state index contributed by atoms with van der Waals surface area (Å²) in [4.78, 5) is 0. The van der Waals surface area contributed by atoms with Crippen LogP contribution in [0.1, 0.15) is 75.3 Å². The van der Waals surface area contributed by atoms with Gasteiger partial charge < -0.3 is 9.47 Å². The topological polar surface area (TPSA) is 18.5 Å². The number of ether oxygens (including phenoxy) is 2. The normalized spacial score (nSPS) is 17.6. The summed E-state index contributed by atoms with van der Waals surface area (Å²) in [6.45, 7) is 2.25. The van der Waals surface area contributed by atoms with Crippen LogP contribution < -0.4 is 9.47 Å². The van der Waals surface area contributed by atoms with Crippen molar-refractivity contribution >= 4 is 0 Å². The van der Waals surface area contributed by atoms with Crippen molar-refractivity contribution in [2.24, 2.45) is 5.92 Å². The third-order valence-electron chi connectivity index (χ3n) is 7.35. The zero-order chi connectivity index (χ0) is 27.0. The quantitative estimate of drug-likeness (QED) is 0.141.